The van der Waals surface area contributed by atoms with E-state index in [1.165, 1.54) is 6.08 Å². The van der Waals surface area contributed by atoms with Gasteiger partial charge >= 0.3 is 5.97 Å². The molecular formula is C11H12O3. The zero-order chi connectivity index (χ0) is 10.7. The highest BCUT2D eigenvalue weighted by molar-refractivity contribution is 5.86. The minimum absolute atomic E-state index is 0.141. The van der Waals surface area contributed by atoms with Gasteiger partial charge in [-0.25, -0.2) is 4.79 Å². The van der Waals surface area contributed by atoms with E-state index in [2.05, 4.69) is 0 Å². The molecule has 0 spiro atoms. The van der Waals surface area contributed by atoms with E-state index in [0.717, 1.165) is 17.2 Å². The summed E-state index contributed by atoms with van der Waals surface area (Å²) in [4.78, 5) is 10.3. The summed E-state index contributed by atoms with van der Waals surface area (Å²) in [5.41, 5.74) is 2.28. The van der Waals surface area contributed by atoms with Gasteiger partial charge in [0, 0.05) is 11.6 Å². The average molecular weight is 192 g/mol. The lowest BCUT2D eigenvalue weighted by Crippen LogP contribution is -1.88. The predicted molar refractivity (Wildman–Crippen MR) is 54.3 cm³/mol. The first-order valence-corrected chi connectivity index (χ1v) is 4.22. The molecular weight excluding hydrogens is 180 g/mol. The van der Waals surface area contributed by atoms with E-state index >= 15 is 0 Å². The Kier molecular flexibility index (Phi) is 2.92. The number of phenolic OH excluding ortho intramolecular Hbond substituents is 1. The van der Waals surface area contributed by atoms with Crippen LogP contribution in [0.2, 0.25) is 0 Å². The maximum Gasteiger partial charge on any atom is 0.328 e. The maximum atomic E-state index is 10.3. The Morgan fingerprint density at radius 3 is 2.57 bits per heavy atom. The molecule has 0 saturated carbocycles. The summed E-state index contributed by atoms with van der Waals surface area (Å²) in [5, 5.41) is 18.1. The van der Waals surface area contributed by atoms with Crippen LogP contribution in [0, 0.1) is 13.8 Å². The van der Waals surface area contributed by atoms with Crippen molar-refractivity contribution in [3.8, 4) is 5.75 Å². The Morgan fingerprint density at radius 2 is 2.00 bits per heavy atom. The summed E-state index contributed by atoms with van der Waals surface area (Å²) < 4.78 is 0. The van der Waals surface area contributed by atoms with Gasteiger partial charge < -0.3 is 10.2 Å². The molecule has 0 unspecified atom stereocenters. The van der Waals surface area contributed by atoms with Gasteiger partial charge in [-0.05, 0) is 31.1 Å². The quantitative estimate of drug-likeness (QED) is 0.705. The molecule has 3 nitrogen and oxygen atoms in total. The number of carboxylic acids is 1. The molecule has 0 radical (unpaired) electrons. The number of hydrogen-bond donors (Lipinski definition) is 2. The fraction of sp³-hybridized carbons (Fsp3) is 0.182. The molecule has 2 N–H and O–H groups in total. The normalized spacial score (nSPS) is 10.7. The molecule has 1 aromatic carbocycles. The third kappa shape index (κ3) is 2.13. The lowest BCUT2D eigenvalue weighted by atomic mass is 10.0. The summed E-state index contributed by atoms with van der Waals surface area (Å²) in [6, 6.07) is 3.54. The van der Waals surface area contributed by atoms with Gasteiger partial charge in [0.25, 0.3) is 0 Å². The smallest absolute Gasteiger partial charge is 0.328 e. The van der Waals surface area contributed by atoms with E-state index < -0.39 is 5.97 Å². The van der Waals surface area contributed by atoms with Crippen LogP contribution in [-0.4, -0.2) is 16.2 Å². The first-order chi connectivity index (χ1) is 6.52. The fourth-order valence-corrected chi connectivity index (χ4v) is 1.12. The first kappa shape index (κ1) is 10.3. The largest absolute Gasteiger partial charge is 0.507 e. The molecule has 0 aliphatic rings. The van der Waals surface area contributed by atoms with Gasteiger partial charge in [0.2, 0.25) is 0 Å². The van der Waals surface area contributed by atoms with E-state index in [1.807, 2.05) is 13.0 Å². The van der Waals surface area contributed by atoms with Gasteiger partial charge in [-0.1, -0.05) is 12.1 Å². The standard InChI is InChI=1S/C11H12O3/c1-7-3-4-9(5-6-10(12)13)11(14)8(7)2/h3-6,14H,1-2H3,(H,12,13)/b6-5+. The van der Waals surface area contributed by atoms with Crippen molar-refractivity contribution in [1.29, 1.82) is 0 Å². The van der Waals surface area contributed by atoms with Crippen molar-refractivity contribution in [2.45, 2.75) is 13.8 Å². The van der Waals surface area contributed by atoms with Gasteiger partial charge in [0.05, 0.1) is 0 Å². The van der Waals surface area contributed by atoms with E-state index in [1.54, 1.807) is 13.0 Å². The number of benzene rings is 1. The molecule has 0 amide bonds. The van der Waals surface area contributed by atoms with Gasteiger partial charge in [0.15, 0.2) is 0 Å². The number of hydrogen-bond acceptors (Lipinski definition) is 2. The van der Waals surface area contributed by atoms with Crippen LogP contribution in [0.25, 0.3) is 6.08 Å². The Bertz CT molecular complexity index is 392. The first-order valence-electron chi connectivity index (χ1n) is 4.22. The van der Waals surface area contributed by atoms with Gasteiger partial charge in [-0.2, -0.15) is 0 Å². The predicted octanol–water partition coefficient (Wildman–Crippen LogP) is 2.11. The van der Waals surface area contributed by atoms with Gasteiger partial charge in [0.1, 0.15) is 5.75 Å². The maximum absolute atomic E-state index is 10.3. The molecule has 0 aliphatic heterocycles. The molecule has 0 heterocycles. The minimum atomic E-state index is -1.03. The fourth-order valence-electron chi connectivity index (χ4n) is 1.12. The highest BCUT2D eigenvalue weighted by Crippen LogP contribution is 2.25. The topological polar surface area (TPSA) is 57.5 Å². The molecule has 0 aromatic heterocycles. The summed E-state index contributed by atoms with van der Waals surface area (Å²) in [6.07, 6.45) is 2.38. The van der Waals surface area contributed by atoms with Crippen LogP contribution in [0.3, 0.4) is 0 Å². The third-order valence-electron chi connectivity index (χ3n) is 2.14. The van der Waals surface area contributed by atoms with Crippen molar-refractivity contribution in [2.75, 3.05) is 0 Å². The van der Waals surface area contributed by atoms with Crippen LogP contribution in [0.15, 0.2) is 18.2 Å². The number of rotatable bonds is 2. The molecule has 14 heavy (non-hydrogen) atoms. The Labute approximate surface area is 82.3 Å². The lowest BCUT2D eigenvalue weighted by molar-refractivity contribution is -0.131. The average Bonchev–Trinajstić information content (AvgIpc) is 2.13. The van der Waals surface area contributed by atoms with E-state index in [4.69, 9.17) is 5.11 Å². The number of aryl methyl sites for hydroxylation is 1. The molecule has 0 saturated heterocycles. The van der Waals surface area contributed by atoms with Crippen LogP contribution in [-0.2, 0) is 4.79 Å². The molecule has 0 fully saturated rings. The molecule has 1 aromatic rings. The lowest BCUT2D eigenvalue weighted by Gasteiger charge is -2.05. The molecule has 74 valence electrons. The summed E-state index contributed by atoms with van der Waals surface area (Å²) >= 11 is 0. The highest BCUT2D eigenvalue weighted by Gasteiger charge is 2.03. The summed E-state index contributed by atoms with van der Waals surface area (Å²) in [5.74, 6) is -0.884. The second kappa shape index (κ2) is 3.96. The van der Waals surface area contributed by atoms with Crippen molar-refractivity contribution in [1.82, 2.24) is 0 Å². The van der Waals surface area contributed by atoms with Crippen LogP contribution in [0.1, 0.15) is 16.7 Å². The molecule has 1 rings (SSSR count). The number of aliphatic carboxylic acids is 1. The van der Waals surface area contributed by atoms with Crippen LogP contribution in [0.5, 0.6) is 5.75 Å². The van der Waals surface area contributed by atoms with Gasteiger partial charge in [-0.15, -0.1) is 0 Å². The van der Waals surface area contributed by atoms with E-state index in [9.17, 15) is 9.90 Å². The SMILES string of the molecule is Cc1ccc(/C=C/C(=O)O)c(O)c1C. The van der Waals surface area contributed by atoms with E-state index in [-0.39, 0.29) is 5.75 Å². The molecule has 0 atom stereocenters. The number of carboxylic acid groups (broad SMARTS) is 1. The van der Waals surface area contributed by atoms with Crippen LogP contribution in [0.4, 0.5) is 0 Å². The number of aromatic hydroxyl groups is 1. The van der Waals surface area contributed by atoms with Crippen molar-refractivity contribution >= 4 is 12.0 Å². The Balaban J connectivity index is 3.12. The van der Waals surface area contributed by atoms with E-state index in [0.29, 0.717) is 5.56 Å². The number of phenols is 1. The van der Waals surface area contributed by atoms with Crippen molar-refractivity contribution in [3.63, 3.8) is 0 Å². The van der Waals surface area contributed by atoms with Crippen molar-refractivity contribution in [2.24, 2.45) is 0 Å². The van der Waals surface area contributed by atoms with Crippen molar-refractivity contribution in [3.05, 3.63) is 34.9 Å². The molecule has 0 bridgehead atoms. The highest BCUT2D eigenvalue weighted by atomic mass is 16.4. The summed E-state index contributed by atoms with van der Waals surface area (Å²) in [7, 11) is 0. The molecule has 0 aliphatic carbocycles. The zero-order valence-electron chi connectivity index (χ0n) is 8.11. The zero-order valence-corrected chi connectivity index (χ0v) is 8.11. The molecule has 3 heteroatoms. The monoisotopic (exact) mass is 192 g/mol. The van der Waals surface area contributed by atoms with Gasteiger partial charge in [-0.3, -0.25) is 0 Å². The Hall–Kier alpha value is -1.77. The third-order valence-corrected chi connectivity index (χ3v) is 2.14. The number of carbonyl (C=O) groups is 1. The minimum Gasteiger partial charge on any atom is -0.507 e. The second-order valence-corrected chi connectivity index (χ2v) is 3.12. The van der Waals surface area contributed by atoms with Crippen LogP contribution < -0.4 is 0 Å². The Morgan fingerprint density at radius 1 is 1.36 bits per heavy atom. The summed E-state index contributed by atoms with van der Waals surface area (Å²) in [6.45, 7) is 3.68. The second-order valence-electron chi connectivity index (χ2n) is 3.12. The van der Waals surface area contributed by atoms with Crippen molar-refractivity contribution < 1.29 is 15.0 Å². The van der Waals surface area contributed by atoms with Crippen LogP contribution >= 0.6 is 0 Å².